The number of phenolic OH excluding ortho intramolecular Hbond substituents is 2. The summed E-state index contributed by atoms with van der Waals surface area (Å²) in [4.78, 5) is 25.8. The smallest absolute Gasteiger partial charge is 0.198 e. The van der Waals surface area contributed by atoms with E-state index in [0.717, 1.165) is 0 Å². The second kappa shape index (κ2) is 6.11. The van der Waals surface area contributed by atoms with Gasteiger partial charge < -0.3 is 30.6 Å². The highest BCUT2D eigenvalue weighted by molar-refractivity contribution is 6.30. The topological polar surface area (TPSA) is 156 Å². The maximum absolute atomic E-state index is 12.9. The molecule has 28 heavy (non-hydrogen) atoms. The molecule has 0 heterocycles. The number of ketones is 2. The van der Waals surface area contributed by atoms with E-state index >= 15 is 0 Å². The molecule has 0 bridgehead atoms. The van der Waals surface area contributed by atoms with Crippen LogP contribution < -0.4 is 0 Å². The third kappa shape index (κ3) is 2.33. The molecule has 4 rings (SSSR count). The summed E-state index contributed by atoms with van der Waals surface area (Å²) in [6.07, 6.45) is -4.03. The van der Waals surface area contributed by atoms with Gasteiger partial charge in [-0.2, -0.15) is 0 Å². The molecule has 2 aromatic carbocycles. The second-order valence-electron chi connectivity index (χ2n) is 7.24. The molecule has 0 aliphatic heterocycles. The van der Waals surface area contributed by atoms with Gasteiger partial charge in [0.15, 0.2) is 11.6 Å². The summed E-state index contributed by atoms with van der Waals surface area (Å²) < 4.78 is 0. The minimum atomic E-state index is -1.99. The van der Waals surface area contributed by atoms with Gasteiger partial charge in [0.1, 0.15) is 17.6 Å². The lowest BCUT2D eigenvalue weighted by Gasteiger charge is -2.40. The number of hydrogen-bond donors (Lipinski definition) is 6. The standard InChI is InChI=1S/C20H18O8/c21-7-12(23)20(28)5-10-13(11(22)6-20)19(27)15-14(18(10)26)16(24)8-3-1-2-4-9(8)17(15)25/h1-4,11-12,21-23,26-28H,5-7H2/t11-,12?,20-/m0/s1. The summed E-state index contributed by atoms with van der Waals surface area (Å²) in [7, 11) is 0. The number of aromatic hydroxyl groups is 2. The summed E-state index contributed by atoms with van der Waals surface area (Å²) in [5, 5.41) is 61.7. The quantitative estimate of drug-likeness (QED) is 0.335. The first kappa shape index (κ1) is 18.6. The van der Waals surface area contributed by atoms with Crippen molar-refractivity contribution >= 4 is 11.6 Å². The van der Waals surface area contributed by atoms with Crippen molar-refractivity contribution < 1.29 is 40.2 Å². The Kier molecular flexibility index (Phi) is 4.06. The Hall–Kier alpha value is -2.78. The van der Waals surface area contributed by atoms with Crippen LogP contribution in [0.4, 0.5) is 0 Å². The molecule has 2 aromatic rings. The molecule has 2 aliphatic carbocycles. The number of fused-ring (bicyclic) bond motifs is 3. The lowest BCUT2D eigenvalue weighted by Crippen LogP contribution is -2.50. The van der Waals surface area contributed by atoms with Gasteiger partial charge >= 0.3 is 0 Å². The Balaban J connectivity index is 1.99. The Morgan fingerprint density at radius 1 is 1.04 bits per heavy atom. The third-order valence-electron chi connectivity index (χ3n) is 5.62. The number of rotatable bonds is 2. The molecule has 0 fully saturated rings. The van der Waals surface area contributed by atoms with Gasteiger partial charge in [0, 0.05) is 35.1 Å². The van der Waals surface area contributed by atoms with Crippen molar-refractivity contribution in [1.82, 2.24) is 0 Å². The van der Waals surface area contributed by atoms with Crippen molar-refractivity contribution in [2.75, 3.05) is 6.61 Å². The largest absolute Gasteiger partial charge is 0.507 e. The van der Waals surface area contributed by atoms with E-state index in [9.17, 15) is 40.2 Å². The van der Waals surface area contributed by atoms with Crippen molar-refractivity contribution in [3.05, 3.63) is 57.6 Å². The number of aliphatic hydroxyl groups is 4. The van der Waals surface area contributed by atoms with Gasteiger partial charge in [-0.15, -0.1) is 0 Å². The van der Waals surface area contributed by atoms with E-state index in [1.807, 2.05) is 0 Å². The maximum atomic E-state index is 12.9. The van der Waals surface area contributed by atoms with Gasteiger partial charge in [-0.05, 0) is 0 Å². The van der Waals surface area contributed by atoms with E-state index < -0.39 is 71.4 Å². The molecular weight excluding hydrogens is 368 g/mol. The predicted molar refractivity (Wildman–Crippen MR) is 94.4 cm³/mol. The first-order chi connectivity index (χ1) is 13.2. The lowest BCUT2D eigenvalue weighted by atomic mass is 9.71. The van der Waals surface area contributed by atoms with E-state index in [2.05, 4.69) is 0 Å². The monoisotopic (exact) mass is 386 g/mol. The van der Waals surface area contributed by atoms with Crippen LogP contribution in [0.15, 0.2) is 24.3 Å². The highest BCUT2D eigenvalue weighted by atomic mass is 16.4. The van der Waals surface area contributed by atoms with Gasteiger partial charge in [0.2, 0.25) is 0 Å². The summed E-state index contributed by atoms with van der Waals surface area (Å²) in [5.41, 5.74) is -2.97. The fourth-order valence-electron chi connectivity index (χ4n) is 4.16. The average Bonchev–Trinajstić information content (AvgIpc) is 2.67. The van der Waals surface area contributed by atoms with Gasteiger partial charge in [-0.3, -0.25) is 9.59 Å². The van der Waals surface area contributed by atoms with Crippen LogP contribution in [-0.2, 0) is 6.42 Å². The summed E-state index contributed by atoms with van der Waals surface area (Å²) in [5.74, 6) is -2.61. The molecule has 0 aromatic heterocycles. The molecule has 146 valence electrons. The number of benzene rings is 2. The summed E-state index contributed by atoms with van der Waals surface area (Å²) >= 11 is 0. The number of phenols is 2. The van der Waals surface area contributed by atoms with Crippen LogP contribution in [0.1, 0.15) is 55.5 Å². The number of carbonyl (C=O) groups is 2. The molecule has 0 spiro atoms. The van der Waals surface area contributed by atoms with Gasteiger partial charge in [-0.25, -0.2) is 0 Å². The van der Waals surface area contributed by atoms with Crippen LogP contribution in [0.3, 0.4) is 0 Å². The van der Waals surface area contributed by atoms with Crippen LogP contribution >= 0.6 is 0 Å². The fourth-order valence-corrected chi connectivity index (χ4v) is 4.16. The zero-order valence-corrected chi connectivity index (χ0v) is 14.6. The zero-order chi connectivity index (χ0) is 20.4. The van der Waals surface area contributed by atoms with E-state index in [-0.39, 0.29) is 22.3 Å². The first-order valence-corrected chi connectivity index (χ1v) is 8.69. The zero-order valence-electron chi connectivity index (χ0n) is 14.6. The van der Waals surface area contributed by atoms with Gasteiger partial charge in [0.05, 0.1) is 29.4 Å². The predicted octanol–water partition coefficient (Wildman–Crippen LogP) is -0.0629. The average molecular weight is 386 g/mol. The Morgan fingerprint density at radius 2 is 1.57 bits per heavy atom. The first-order valence-electron chi connectivity index (χ1n) is 8.69. The van der Waals surface area contributed by atoms with Gasteiger partial charge in [0.25, 0.3) is 0 Å². The Morgan fingerprint density at radius 3 is 2.11 bits per heavy atom. The normalized spacial score (nSPS) is 24.4. The van der Waals surface area contributed by atoms with Crippen molar-refractivity contribution in [3.8, 4) is 11.5 Å². The van der Waals surface area contributed by atoms with Crippen LogP contribution in [0.25, 0.3) is 0 Å². The number of aliphatic hydroxyl groups excluding tert-OH is 3. The van der Waals surface area contributed by atoms with E-state index in [4.69, 9.17) is 0 Å². The molecular formula is C20H18O8. The summed E-state index contributed by atoms with van der Waals surface area (Å²) in [6.45, 7) is -0.791. The minimum absolute atomic E-state index is 0.0664. The number of hydrogen-bond acceptors (Lipinski definition) is 8. The van der Waals surface area contributed by atoms with Crippen molar-refractivity contribution in [2.24, 2.45) is 0 Å². The summed E-state index contributed by atoms with van der Waals surface area (Å²) in [6, 6.07) is 5.98. The maximum Gasteiger partial charge on any atom is 0.198 e. The Bertz CT molecular complexity index is 1030. The molecule has 1 unspecified atom stereocenters. The van der Waals surface area contributed by atoms with E-state index in [0.29, 0.717) is 0 Å². The number of carbonyl (C=O) groups excluding carboxylic acids is 2. The molecule has 3 atom stereocenters. The highest BCUT2D eigenvalue weighted by Crippen LogP contribution is 2.50. The molecule has 0 radical (unpaired) electrons. The van der Waals surface area contributed by atoms with Crippen molar-refractivity contribution in [2.45, 2.75) is 30.7 Å². The molecule has 0 amide bonds. The van der Waals surface area contributed by atoms with Crippen LogP contribution in [-0.4, -0.2) is 60.5 Å². The minimum Gasteiger partial charge on any atom is -0.507 e. The van der Waals surface area contributed by atoms with Crippen LogP contribution in [0.2, 0.25) is 0 Å². The molecule has 0 saturated heterocycles. The molecule has 8 nitrogen and oxygen atoms in total. The highest BCUT2D eigenvalue weighted by Gasteiger charge is 2.47. The van der Waals surface area contributed by atoms with E-state index in [1.54, 1.807) is 12.1 Å². The van der Waals surface area contributed by atoms with Crippen LogP contribution in [0.5, 0.6) is 11.5 Å². The molecule has 2 aliphatic rings. The van der Waals surface area contributed by atoms with Gasteiger partial charge in [-0.1, -0.05) is 24.3 Å². The fraction of sp³-hybridized carbons (Fsp3) is 0.300. The second-order valence-corrected chi connectivity index (χ2v) is 7.24. The molecule has 6 N–H and O–H groups in total. The molecule has 0 saturated carbocycles. The molecule has 8 heteroatoms. The third-order valence-corrected chi connectivity index (χ3v) is 5.62. The lowest BCUT2D eigenvalue weighted by molar-refractivity contribution is -0.122. The SMILES string of the molecule is O=C1c2ccccc2C(=O)c2c(O)c3c(c(O)c21)C[C@@](O)(C(O)CO)C[C@@H]3O. The van der Waals surface area contributed by atoms with Crippen LogP contribution in [0, 0.1) is 0 Å². The van der Waals surface area contributed by atoms with Crippen molar-refractivity contribution in [1.29, 1.82) is 0 Å². The van der Waals surface area contributed by atoms with Crippen molar-refractivity contribution in [3.63, 3.8) is 0 Å². The van der Waals surface area contributed by atoms with E-state index in [1.165, 1.54) is 12.1 Å². The Labute approximate surface area is 158 Å².